The van der Waals surface area contributed by atoms with Gasteiger partial charge in [-0.15, -0.1) is 16.4 Å². The number of aliphatic hydroxyl groups is 1. The highest BCUT2D eigenvalue weighted by atomic mass is 32.1. The van der Waals surface area contributed by atoms with E-state index in [4.69, 9.17) is 10.1 Å². The van der Waals surface area contributed by atoms with Crippen molar-refractivity contribution < 1.29 is 5.11 Å². The van der Waals surface area contributed by atoms with Crippen LogP contribution in [-0.4, -0.2) is 51.4 Å². The Labute approximate surface area is 163 Å². The zero-order chi connectivity index (χ0) is 19.1. The third-order valence-electron chi connectivity index (χ3n) is 4.65. The zero-order valence-corrected chi connectivity index (χ0v) is 15.8. The Morgan fingerprint density at radius 3 is 3.04 bits per heavy atom. The van der Waals surface area contributed by atoms with E-state index < -0.39 is 0 Å². The third-order valence-corrected chi connectivity index (χ3v) is 5.44. The van der Waals surface area contributed by atoms with Gasteiger partial charge in [-0.05, 0) is 24.6 Å². The largest absolute Gasteiger partial charge is 0.394 e. The maximum atomic E-state index is 9.06. The van der Waals surface area contributed by atoms with Crippen LogP contribution in [0.3, 0.4) is 0 Å². The lowest BCUT2D eigenvalue weighted by molar-refractivity contribution is 0.269. The molecule has 0 aliphatic carbocycles. The lowest BCUT2D eigenvalue weighted by atomic mass is 10.1. The molecule has 9 nitrogen and oxygen atoms in total. The summed E-state index contributed by atoms with van der Waals surface area (Å²) in [5.41, 5.74) is 6.57. The van der Waals surface area contributed by atoms with Gasteiger partial charge in [-0.1, -0.05) is 11.3 Å². The molecule has 4 aromatic heterocycles. The number of fused-ring (bicyclic) bond motifs is 2. The van der Waals surface area contributed by atoms with Crippen molar-refractivity contribution in [2.75, 3.05) is 6.61 Å². The average molecular weight is 392 g/mol. The summed E-state index contributed by atoms with van der Waals surface area (Å²) < 4.78 is 4.59. The first-order valence-electron chi connectivity index (χ1n) is 8.78. The molecule has 0 fully saturated rings. The van der Waals surface area contributed by atoms with Gasteiger partial charge in [-0.25, -0.2) is 19.6 Å². The number of aliphatic hydroxyl groups excluding tert-OH is 1. The van der Waals surface area contributed by atoms with Crippen molar-refractivity contribution in [1.29, 1.82) is 0 Å². The van der Waals surface area contributed by atoms with E-state index >= 15 is 0 Å². The van der Waals surface area contributed by atoms with Crippen molar-refractivity contribution in [3.05, 3.63) is 47.9 Å². The molecular formula is C18H16N8OS. The normalized spacial score (nSPS) is 12.8. The van der Waals surface area contributed by atoms with E-state index in [0.29, 0.717) is 23.5 Å². The standard InChI is InChI=1S/C18H16N8OS/c1-11(12-2-3-14-16(6-12)28-10-20-14)26-18-17(23-24-26)19-8-15(22-18)13-7-21-25(9-13)4-5-27/h2-3,6-11,27H,4-5H2,1H3. The second-order valence-electron chi connectivity index (χ2n) is 6.41. The minimum absolute atomic E-state index is 0.0319. The fraction of sp³-hybridized carbons (Fsp3) is 0.222. The van der Waals surface area contributed by atoms with Crippen molar-refractivity contribution in [1.82, 2.24) is 39.7 Å². The molecule has 0 radical (unpaired) electrons. The zero-order valence-electron chi connectivity index (χ0n) is 15.0. The second kappa shape index (κ2) is 6.73. The van der Waals surface area contributed by atoms with Crippen LogP contribution in [0.2, 0.25) is 0 Å². The summed E-state index contributed by atoms with van der Waals surface area (Å²) in [6.45, 7) is 2.53. The number of nitrogens with zero attached hydrogens (tertiary/aromatic N) is 8. The van der Waals surface area contributed by atoms with Crippen LogP contribution < -0.4 is 0 Å². The molecule has 0 amide bonds. The quantitative estimate of drug-likeness (QED) is 0.489. The SMILES string of the molecule is CC(c1ccc2ncsc2c1)n1nnc2ncc(-c3cnn(CCO)c3)nc21. The molecule has 140 valence electrons. The van der Waals surface area contributed by atoms with Crippen molar-refractivity contribution in [3.63, 3.8) is 0 Å². The van der Waals surface area contributed by atoms with Gasteiger partial charge in [0, 0.05) is 11.8 Å². The molecule has 28 heavy (non-hydrogen) atoms. The van der Waals surface area contributed by atoms with Crippen LogP contribution in [-0.2, 0) is 6.54 Å². The van der Waals surface area contributed by atoms with Gasteiger partial charge in [-0.2, -0.15) is 5.10 Å². The molecule has 1 unspecified atom stereocenters. The van der Waals surface area contributed by atoms with Gasteiger partial charge in [0.1, 0.15) is 0 Å². The number of aromatic nitrogens is 8. The molecule has 0 saturated carbocycles. The van der Waals surface area contributed by atoms with Crippen LogP contribution in [0.5, 0.6) is 0 Å². The number of rotatable bonds is 5. The second-order valence-corrected chi connectivity index (χ2v) is 7.29. The van der Waals surface area contributed by atoms with Gasteiger partial charge in [0.25, 0.3) is 0 Å². The molecule has 5 aromatic rings. The molecule has 5 rings (SSSR count). The summed E-state index contributed by atoms with van der Waals surface area (Å²) >= 11 is 1.61. The van der Waals surface area contributed by atoms with Gasteiger partial charge >= 0.3 is 0 Å². The molecule has 0 spiro atoms. The molecule has 1 N–H and O–H groups in total. The van der Waals surface area contributed by atoms with Gasteiger partial charge < -0.3 is 5.11 Å². The van der Waals surface area contributed by atoms with Crippen molar-refractivity contribution in [3.8, 4) is 11.3 Å². The fourth-order valence-electron chi connectivity index (χ4n) is 3.12. The van der Waals surface area contributed by atoms with E-state index in [1.54, 1.807) is 33.1 Å². The van der Waals surface area contributed by atoms with E-state index in [0.717, 1.165) is 21.3 Å². The molecule has 1 aromatic carbocycles. The van der Waals surface area contributed by atoms with E-state index in [2.05, 4.69) is 44.4 Å². The predicted octanol–water partition coefficient (Wildman–Crippen LogP) is 2.30. The van der Waals surface area contributed by atoms with E-state index in [1.807, 2.05) is 17.8 Å². The highest BCUT2D eigenvalue weighted by Crippen LogP contribution is 2.26. The maximum absolute atomic E-state index is 9.06. The predicted molar refractivity (Wildman–Crippen MR) is 105 cm³/mol. The van der Waals surface area contributed by atoms with Crippen LogP contribution in [0.25, 0.3) is 32.8 Å². The van der Waals surface area contributed by atoms with E-state index in [9.17, 15) is 0 Å². The fourth-order valence-corrected chi connectivity index (χ4v) is 3.85. The van der Waals surface area contributed by atoms with Crippen LogP contribution >= 0.6 is 11.3 Å². The summed E-state index contributed by atoms with van der Waals surface area (Å²) in [5, 5.41) is 21.7. The number of thiazole rings is 1. The Hall–Kier alpha value is -3.24. The average Bonchev–Trinajstić information content (AvgIpc) is 3.45. The first-order chi connectivity index (χ1) is 13.7. The topological polar surface area (TPSA) is 107 Å². The maximum Gasteiger partial charge on any atom is 0.221 e. The van der Waals surface area contributed by atoms with E-state index in [-0.39, 0.29) is 12.6 Å². The first-order valence-corrected chi connectivity index (χ1v) is 9.65. The Balaban J connectivity index is 1.55. The highest BCUT2D eigenvalue weighted by molar-refractivity contribution is 7.16. The van der Waals surface area contributed by atoms with E-state index in [1.165, 1.54) is 0 Å². The lowest BCUT2D eigenvalue weighted by Crippen LogP contribution is -2.09. The summed E-state index contributed by atoms with van der Waals surface area (Å²) in [6.07, 6.45) is 5.21. The van der Waals surface area contributed by atoms with Crippen LogP contribution in [0.15, 0.2) is 42.3 Å². The molecular weight excluding hydrogens is 376 g/mol. The lowest BCUT2D eigenvalue weighted by Gasteiger charge is -2.12. The van der Waals surface area contributed by atoms with Gasteiger partial charge in [-0.3, -0.25) is 4.68 Å². The molecule has 0 bridgehead atoms. The molecule has 4 heterocycles. The minimum Gasteiger partial charge on any atom is -0.394 e. The Bertz CT molecular complexity index is 1270. The highest BCUT2D eigenvalue weighted by Gasteiger charge is 2.17. The summed E-state index contributed by atoms with van der Waals surface area (Å²) in [7, 11) is 0. The van der Waals surface area contributed by atoms with Crippen molar-refractivity contribution in [2.24, 2.45) is 0 Å². The smallest absolute Gasteiger partial charge is 0.221 e. The van der Waals surface area contributed by atoms with Crippen LogP contribution in [0.1, 0.15) is 18.5 Å². The van der Waals surface area contributed by atoms with Gasteiger partial charge in [0.15, 0.2) is 5.65 Å². The van der Waals surface area contributed by atoms with Crippen molar-refractivity contribution in [2.45, 2.75) is 19.5 Å². The van der Waals surface area contributed by atoms with Crippen molar-refractivity contribution >= 4 is 32.8 Å². The Kier molecular flexibility index (Phi) is 4.06. The monoisotopic (exact) mass is 392 g/mol. The Morgan fingerprint density at radius 1 is 1.21 bits per heavy atom. The summed E-state index contributed by atoms with van der Waals surface area (Å²) in [6, 6.07) is 6.14. The molecule has 0 saturated heterocycles. The first kappa shape index (κ1) is 16.9. The van der Waals surface area contributed by atoms with Crippen LogP contribution in [0.4, 0.5) is 0 Å². The minimum atomic E-state index is -0.0573. The molecule has 10 heteroatoms. The van der Waals surface area contributed by atoms with Gasteiger partial charge in [0.05, 0.1) is 53.0 Å². The molecule has 0 aliphatic heterocycles. The summed E-state index contributed by atoms with van der Waals surface area (Å²) in [5.74, 6) is 0. The number of hydrogen-bond donors (Lipinski definition) is 1. The summed E-state index contributed by atoms with van der Waals surface area (Å²) in [4.78, 5) is 13.5. The van der Waals surface area contributed by atoms with Crippen LogP contribution in [0, 0.1) is 0 Å². The third kappa shape index (κ3) is 2.83. The Morgan fingerprint density at radius 2 is 2.14 bits per heavy atom. The van der Waals surface area contributed by atoms with Gasteiger partial charge in [0.2, 0.25) is 5.65 Å². The molecule has 1 atom stereocenters. The number of benzene rings is 1. The number of hydrogen-bond acceptors (Lipinski definition) is 8. The molecule has 0 aliphatic rings.